The van der Waals surface area contributed by atoms with Gasteiger partial charge in [-0.05, 0) is 41.3 Å². The lowest BCUT2D eigenvalue weighted by Gasteiger charge is -2.30. The Balaban J connectivity index is 1.81. The van der Waals surface area contributed by atoms with Crippen molar-refractivity contribution in [2.45, 2.75) is 31.5 Å². The molecule has 2 aromatic heterocycles. The Bertz CT molecular complexity index is 495. The zero-order chi connectivity index (χ0) is 13.1. The van der Waals surface area contributed by atoms with Crippen LogP contribution in [0, 0.1) is 0 Å². The molecule has 1 aliphatic carbocycles. The van der Waals surface area contributed by atoms with Gasteiger partial charge in [0, 0.05) is 25.3 Å². The highest BCUT2D eigenvalue weighted by Crippen LogP contribution is 2.35. The molecular formula is C14H18N4S. The van der Waals surface area contributed by atoms with Crippen LogP contribution in [0.2, 0.25) is 0 Å². The van der Waals surface area contributed by atoms with E-state index < -0.39 is 0 Å². The topological polar surface area (TPSA) is 55.0 Å². The van der Waals surface area contributed by atoms with Crippen molar-refractivity contribution in [2.75, 3.05) is 6.54 Å². The van der Waals surface area contributed by atoms with Crippen molar-refractivity contribution in [3.05, 3.63) is 46.7 Å². The summed E-state index contributed by atoms with van der Waals surface area (Å²) in [5.74, 6) is 0. The summed E-state index contributed by atoms with van der Waals surface area (Å²) in [5, 5.41) is 4.34. The van der Waals surface area contributed by atoms with Gasteiger partial charge in [0.15, 0.2) is 0 Å². The predicted molar refractivity (Wildman–Crippen MR) is 76.7 cm³/mol. The van der Waals surface area contributed by atoms with Crippen LogP contribution in [0.1, 0.15) is 30.1 Å². The highest BCUT2D eigenvalue weighted by Gasteiger charge is 2.34. The SMILES string of the molecule is NCC(c1ccncn1)N(Cc1ccsc1)C1CC1. The van der Waals surface area contributed by atoms with Crippen molar-refractivity contribution in [2.24, 2.45) is 5.73 Å². The lowest BCUT2D eigenvalue weighted by Crippen LogP contribution is -2.35. The average Bonchev–Trinajstić information content (AvgIpc) is 3.17. The van der Waals surface area contributed by atoms with Crippen LogP contribution in [0.15, 0.2) is 35.4 Å². The molecule has 1 aliphatic rings. The molecule has 1 saturated carbocycles. The van der Waals surface area contributed by atoms with Crippen molar-refractivity contribution >= 4 is 11.3 Å². The molecule has 1 unspecified atom stereocenters. The minimum absolute atomic E-state index is 0.190. The van der Waals surface area contributed by atoms with E-state index in [0.29, 0.717) is 12.6 Å². The lowest BCUT2D eigenvalue weighted by molar-refractivity contribution is 0.178. The Hall–Kier alpha value is -1.30. The third-order valence-electron chi connectivity index (χ3n) is 3.53. The smallest absolute Gasteiger partial charge is 0.115 e. The maximum absolute atomic E-state index is 6.00. The lowest BCUT2D eigenvalue weighted by atomic mass is 10.1. The minimum Gasteiger partial charge on any atom is -0.329 e. The molecule has 4 nitrogen and oxygen atoms in total. The summed E-state index contributed by atoms with van der Waals surface area (Å²) in [6.07, 6.45) is 5.94. The Morgan fingerprint density at radius 2 is 2.32 bits per heavy atom. The molecule has 19 heavy (non-hydrogen) atoms. The van der Waals surface area contributed by atoms with Gasteiger partial charge in [0.1, 0.15) is 6.33 Å². The largest absolute Gasteiger partial charge is 0.329 e. The summed E-state index contributed by atoms with van der Waals surface area (Å²) < 4.78 is 0. The minimum atomic E-state index is 0.190. The predicted octanol–water partition coefficient (Wildman–Crippen LogP) is 2.20. The van der Waals surface area contributed by atoms with E-state index in [4.69, 9.17) is 5.73 Å². The van der Waals surface area contributed by atoms with Crippen molar-refractivity contribution in [3.8, 4) is 0 Å². The maximum Gasteiger partial charge on any atom is 0.115 e. The zero-order valence-electron chi connectivity index (χ0n) is 10.8. The fourth-order valence-corrected chi connectivity index (χ4v) is 3.08. The van der Waals surface area contributed by atoms with E-state index in [0.717, 1.165) is 12.2 Å². The van der Waals surface area contributed by atoms with Crippen LogP contribution < -0.4 is 5.73 Å². The van der Waals surface area contributed by atoms with E-state index >= 15 is 0 Å². The maximum atomic E-state index is 6.00. The molecule has 100 valence electrons. The molecule has 0 saturated heterocycles. The summed E-state index contributed by atoms with van der Waals surface area (Å²) in [4.78, 5) is 10.9. The molecule has 0 radical (unpaired) electrons. The van der Waals surface area contributed by atoms with Crippen LogP contribution in [0.5, 0.6) is 0 Å². The van der Waals surface area contributed by atoms with Gasteiger partial charge in [0.05, 0.1) is 11.7 Å². The van der Waals surface area contributed by atoms with Crippen LogP contribution in [0.3, 0.4) is 0 Å². The van der Waals surface area contributed by atoms with Gasteiger partial charge in [-0.25, -0.2) is 9.97 Å². The van der Waals surface area contributed by atoms with Crippen molar-refractivity contribution in [1.82, 2.24) is 14.9 Å². The normalized spacial score (nSPS) is 16.7. The van der Waals surface area contributed by atoms with Crippen molar-refractivity contribution < 1.29 is 0 Å². The Morgan fingerprint density at radius 1 is 1.42 bits per heavy atom. The molecule has 0 amide bonds. The summed E-state index contributed by atoms with van der Waals surface area (Å²) in [5.41, 5.74) is 8.39. The van der Waals surface area contributed by atoms with Gasteiger partial charge in [0.25, 0.3) is 0 Å². The van der Waals surface area contributed by atoms with Crippen LogP contribution in [0.25, 0.3) is 0 Å². The van der Waals surface area contributed by atoms with E-state index in [1.165, 1.54) is 18.4 Å². The molecule has 0 aliphatic heterocycles. The molecule has 0 aromatic carbocycles. The highest BCUT2D eigenvalue weighted by molar-refractivity contribution is 7.07. The molecular weight excluding hydrogens is 256 g/mol. The van der Waals surface area contributed by atoms with Crippen LogP contribution in [0.4, 0.5) is 0 Å². The van der Waals surface area contributed by atoms with Gasteiger partial charge in [-0.15, -0.1) is 0 Å². The van der Waals surface area contributed by atoms with Gasteiger partial charge >= 0.3 is 0 Å². The summed E-state index contributed by atoms with van der Waals surface area (Å²) in [6.45, 7) is 1.55. The first kappa shape index (κ1) is 12.7. The Morgan fingerprint density at radius 3 is 2.89 bits per heavy atom. The standard InChI is InChI=1S/C14H18N4S/c15-7-14(13-3-5-16-10-17-13)18(12-1-2-12)8-11-4-6-19-9-11/h3-6,9-10,12,14H,1-2,7-8,15H2. The Kier molecular flexibility index (Phi) is 3.87. The second-order valence-electron chi connectivity index (χ2n) is 4.92. The number of thiophene rings is 1. The first-order chi connectivity index (χ1) is 9.38. The average molecular weight is 274 g/mol. The van der Waals surface area contributed by atoms with Gasteiger partial charge in [-0.1, -0.05) is 0 Å². The quantitative estimate of drug-likeness (QED) is 0.877. The van der Waals surface area contributed by atoms with Crippen LogP contribution in [-0.4, -0.2) is 27.5 Å². The number of aromatic nitrogens is 2. The van der Waals surface area contributed by atoms with Crippen molar-refractivity contribution in [1.29, 1.82) is 0 Å². The molecule has 0 spiro atoms. The molecule has 1 atom stereocenters. The third kappa shape index (κ3) is 3.00. The molecule has 3 rings (SSSR count). The fraction of sp³-hybridized carbons (Fsp3) is 0.429. The van der Waals surface area contributed by atoms with E-state index in [1.807, 2.05) is 6.07 Å². The zero-order valence-corrected chi connectivity index (χ0v) is 11.6. The third-order valence-corrected chi connectivity index (χ3v) is 4.26. The summed E-state index contributed by atoms with van der Waals surface area (Å²) in [6, 6.07) is 5.01. The monoisotopic (exact) mass is 274 g/mol. The second-order valence-corrected chi connectivity index (χ2v) is 5.70. The summed E-state index contributed by atoms with van der Waals surface area (Å²) >= 11 is 1.75. The first-order valence-corrected chi connectivity index (χ1v) is 7.55. The number of hydrogen-bond acceptors (Lipinski definition) is 5. The number of hydrogen-bond donors (Lipinski definition) is 1. The molecule has 1 fully saturated rings. The van der Waals surface area contributed by atoms with Gasteiger partial charge in [0.2, 0.25) is 0 Å². The molecule has 5 heteroatoms. The molecule has 2 N–H and O–H groups in total. The van der Waals surface area contributed by atoms with E-state index in [-0.39, 0.29) is 6.04 Å². The summed E-state index contributed by atoms with van der Waals surface area (Å²) in [7, 11) is 0. The van der Waals surface area contributed by atoms with Gasteiger partial charge in [-0.3, -0.25) is 4.90 Å². The number of nitrogens with zero attached hydrogens (tertiary/aromatic N) is 3. The van der Waals surface area contributed by atoms with Crippen LogP contribution in [-0.2, 0) is 6.54 Å². The molecule has 2 heterocycles. The van der Waals surface area contributed by atoms with E-state index in [2.05, 4.69) is 31.7 Å². The number of nitrogens with two attached hydrogens (primary N) is 1. The van der Waals surface area contributed by atoms with Gasteiger partial charge in [-0.2, -0.15) is 11.3 Å². The van der Waals surface area contributed by atoms with Gasteiger partial charge < -0.3 is 5.73 Å². The van der Waals surface area contributed by atoms with E-state index in [1.54, 1.807) is 23.9 Å². The molecule has 2 aromatic rings. The fourth-order valence-electron chi connectivity index (χ4n) is 2.42. The Labute approximate surface area is 117 Å². The van der Waals surface area contributed by atoms with Crippen molar-refractivity contribution in [3.63, 3.8) is 0 Å². The molecule has 0 bridgehead atoms. The number of rotatable bonds is 6. The highest BCUT2D eigenvalue weighted by atomic mass is 32.1. The van der Waals surface area contributed by atoms with Crippen LogP contribution >= 0.6 is 11.3 Å². The van der Waals surface area contributed by atoms with E-state index in [9.17, 15) is 0 Å². The first-order valence-electron chi connectivity index (χ1n) is 6.61. The second kappa shape index (κ2) is 5.77.